The van der Waals surface area contributed by atoms with E-state index in [1.807, 2.05) is 35.7 Å². The highest BCUT2D eigenvalue weighted by molar-refractivity contribution is 7.09. The fourth-order valence-electron chi connectivity index (χ4n) is 2.92. The highest BCUT2D eigenvalue weighted by Crippen LogP contribution is 2.13. The Morgan fingerprint density at radius 1 is 1.22 bits per heavy atom. The predicted octanol–water partition coefficient (Wildman–Crippen LogP) is 1.75. The third kappa shape index (κ3) is 5.37. The zero-order valence-corrected chi connectivity index (χ0v) is 15.7. The third-order valence-electron chi connectivity index (χ3n) is 4.38. The first kappa shape index (κ1) is 19.0. The van der Waals surface area contributed by atoms with Gasteiger partial charge in [0.2, 0.25) is 5.91 Å². The van der Waals surface area contributed by atoms with Gasteiger partial charge in [0.05, 0.1) is 5.01 Å². The van der Waals surface area contributed by atoms with Gasteiger partial charge in [-0.05, 0) is 18.4 Å². The summed E-state index contributed by atoms with van der Waals surface area (Å²) in [5.41, 5.74) is 1.07. The second kappa shape index (κ2) is 9.27. The van der Waals surface area contributed by atoms with Gasteiger partial charge in [0, 0.05) is 37.5 Å². The maximum atomic E-state index is 12.4. The third-order valence-corrected chi connectivity index (χ3v) is 5.22. The molecule has 1 aromatic carbocycles. The Hall–Kier alpha value is -2.74. The molecule has 2 aromatic rings. The van der Waals surface area contributed by atoms with E-state index in [1.165, 1.54) is 4.90 Å². The number of hydrogen-bond donors (Lipinski definition) is 2. The van der Waals surface area contributed by atoms with E-state index in [0.29, 0.717) is 32.4 Å². The van der Waals surface area contributed by atoms with E-state index in [-0.39, 0.29) is 24.3 Å². The number of benzene rings is 1. The van der Waals surface area contributed by atoms with Crippen molar-refractivity contribution in [3.63, 3.8) is 0 Å². The molecule has 1 atom stereocenters. The molecule has 2 N–H and O–H groups in total. The maximum absolute atomic E-state index is 12.4. The van der Waals surface area contributed by atoms with Gasteiger partial charge in [0.25, 0.3) is 5.91 Å². The molecule has 1 aliphatic heterocycles. The molecule has 8 heteroatoms. The van der Waals surface area contributed by atoms with E-state index < -0.39 is 6.04 Å². The summed E-state index contributed by atoms with van der Waals surface area (Å²) in [6, 6.07) is 8.70. The number of rotatable bonds is 9. The lowest BCUT2D eigenvalue weighted by Gasteiger charge is -2.13. The normalized spacial score (nSPS) is 16.4. The number of thiazole rings is 1. The fraction of sp³-hybridized carbons (Fsp3) is 0.368. The van der Waals surface area contributed by atoms with E-state index in [9.17, 15) is 14.4 Å². The molecule has 1 saturated heterocycles. The van der Waals surface area contributed by atoms with Gasteiger partial charge in [-0.15, -0.1) is 11.3 Å². The van der Waals surface area contributed by atoms with Crippen molar-refractivity contribution in [1.29, 1.82) is 0 Å². The average Bonchev–Trinajstić information content (AvgIpc) is 3.28. The lowest BCUT2D eigenvalue weighted by atomic mass is 10.1. The van der Waals surface area contributed by atoms with Crippen LogP contribution in [0, 0.1) is 0 Å². The summed E-state index contributed by atoms with van der Waals surface area (Å²) >= 11 is 1.55. The number of nitrogens with zero attached hydrogens (tertiary/aromatic N) is 2. The molecule has 7 nitrogen and oxygen atoms in total. The van der Waals surface area contributed by atoms with Crippen LogP contribution in [-0.4, -0.2) is 46.9 Å². The topological polar surface area (TPSA) is 91.4 Å². The van der Waals surface area contributed by atoms with Crippen molar-refractivity contribution in [3.05, 3.63) is 52.5 Å². The van der Waals surface area contributed by atoms with Crippen LogP contribution in [0.15, 0.2) is 41.9 Å². The van der Waals surface area contributed by atoms with Gasteiger partial charge in [-0.1, -0.05) is 30.3 Å². The molecule has 0 unspecified atom stereocenters. The molecule has 3 rings (SSSR count). The van der Waals surface area contributed by atoms with Crippen LogP contribution < -0.4 is 10.6 Å². The largest absolute Gasteiger partial charge is 0.356 e. The van der Waals surface area contributed by atoms with Crippen LogP contribution in [0.3, 0.4) is 0 Å². The van der Waals surface area contributed by atoms with Crippen molar-refractivity contribution in [2.24, 2.45) is 0 Å². The van der Waals surface area contributed by atoms with E-state index in [4.69, 9.17) is 0 Å². The molecule has 0 radical (unpaired) electrons. The summed E-state index contributed by atoms with van der Waals surface area (Å²) in [4.78, 5) is 41.8. The van der Waals surface area contributed by atoms with Gasteiger partial charge in [-0.3, -0.25) is 14.5 Å². The molecular formula is C19H22N4O3S. The summed E-state index contributed by atoms with van der Waals surface area (Å²) in [6.45, 7) is 0.853. The number of carbonyl (C=O) groups excluding carboxylic acids is 3. The monoisotopic (exact) mass is 386 g/mol. The molecule has 0 saturated carbocycles. The summed E-state index contributed by atoms with van der Waals surface area (Å²) < 4.78 is 0. The number of carbonyl (C=O) groups is 3. The van der Waals surface area contributed by atoms with Crippen LogP contribution in [0.1, 0.15) is 23.4 Å². The smallest absolute Gasteiger partial charge is 0.324 e. The van der Waals surface area contributed by atoms with Crippen LogP contribution in [-0.2, 0) is 22.4 Å². The van der Waals surface area contributed by atoms with Crippen molar-refractivity contribution < 1.29 is 14.4 Å². The number of imide groups is 1. The summed E-state index contributed by atoms with van der Waals surface area (Å²) in [6.07, 6.45) is 3.54. The second-order valence-electron chi connectivity index (χ2n) is 6.29. The van der Waals surface area contributed by atoms with Gasteiger partial charge in [0.15, 0.2) is 0 Å². The van der Waals surface area contributed by atoms with Gasteiger partial charge >= 0.3 is 6.03 Å². The first-order valence-corrected chi connectivity index (χ1v) is 9.82. The van der Waals surface area contributed by atoms with Crippen molar-refractivity contribution >= 4 is 29.2 Å². The van der Waals surface area contributed by atoms with Crippen LogP contribution in [0.2, 0.25) is 0 Å². The average molecular weight is 386 g/mol. The van der Waals surface area contributed by atoms with Gasteiger partial charge in [-0.25, -0.2) is 9.78 Å². The molecule has 2 heterocycles. The molecule has 1 aromatic heterocycles. The van der Waals surface area contributed by atoms with Crippen molar-refractivity contribution in [2.75, 3.05) is 13.1 Å². The molecule has 1 aliphatic rings. The fourth-order valence-corrected chi connectivity index (χ4v) is 3.54. The van der Waals surface area contributed by atoms with E-state index in [2.05, 4.69) is 15.6 Å². The molecule has 1 fully saturated rings. The minimum Gasteiger partial charge on any atom is -0.356 e. The van der Waals surface area contributed by atoms with E-state index >= 15 is 0 Å². The van der Waals surface area contributed by atoms with Gasteiger partial charge in [-0.2, -0.15) is 0 Å². The zero-order chi connectivity index (χ0) is 19.1. The van der Waals surface area contributed by atoms with Crippen LogP contribution >= 0.6 is 11.3 Å². The molecule has 27 heavy (non-hydrogen) atoms. The first-order valence-electron chi connectivity index (χ1n) is 8.94. The zero-order valence-electron chi connectivity index (χ0n) is 14.9. The summed E-state index contributed by atoms with van der Waals surface area (Å²) in [7, 11) is 0. The van der Waals surface area contributed by atoms with E-state index in [0.717, 1.165) is 10.6 Å². The minimum absolute atomic E-state index is 0.128. The van der Waals surface area contributed by atoms with Crippen molar-refractivity contribution in [1.82, 2.24) is 20.5 Å². The van der Waals surface area contributed by atoms with Crippen LogP contribution in [0.4, 0.5) is 4.79 Å². The Kier molecular flexibility index (Phi) is 6.54. The second-order valence-corrected chi connectivity index (χ2v) is 7.27. The Morgan fingerprint density at radius 3 is 2.78 bits per heavy atom. The standard InChI is InChI=1S/C19H22N4O3S/c24-16(20-10-8-17-21-11-13-27-17)7-6-15-18(25)23(19(26)22-15)12-9-14-4-2-1-3-5-14/h1-5,11,13,15H,6-10,12H2,(H,20,24)(H,22,26)/t15-/m0/s1. The quantitative estimate of drug-likeness (QED) is 0.642. The van der Waals surface area contributed by atoms with Crippen molar-refractivity contribution in [3.8, 4) is 0 Å². The molecule has 0 aliphatic carbocycles. The number of hydrogen-bond acceptors (Lipinski definition) is 5. The molecule has 0 bridgehead atoms. The lowest BCUT2D eigenvalue weighted by Crippen LogP contribution is -2.34. The number of urea groups is 1. The number of nitrogens with one attached hydrogen (secondary N) is 2. The SMILES string of the molecule is O=C(CC[C@@H]1NC(=O)N(CCc2ccccc2)C1=O)NCCc1nccs1. The highest BCUT2D eigenvalue weighted by atomic mass is 32.1. The van der Waals surface area contributed by atoms with Gasteiger partial charge in [0.1, 0.15) is 6.04 Å². The van der Waals surface area contributed by atoms with Crippen molar-refractivity contribution in [2.45, 2.75) is 31.7 Å². The Morgan fingerprint density at radius 2 is 2.04 bits per heavy atom. The lowest BCUT2D eigenvalue weighted by molar-refractivity contribution is -0.127. The summed E-state index contributed by atoms with van der Waals surface area (Å²) in [5, 5.41) is 8.36. The Labute approximate surface area is 161 Å². The minimum atomic E-state index is -0.627. The molecule has 4 amide bonds. The molecule has 0 spiro atoms. The predicted molar refractivity (Wildman–Crippen MR) is 102 cm³/mol. The molecule has 142 valence electrons. The number of aromatic nitrogens is 1. The highest BCUT2D eigenvalue weighted by Gasteiger charge is 2.37. The first-order chi connectivity index (χ1) is 13.1. The molecular weight excluding hydrogens is 364 g/mol. The maximum Gasteiger partial charge on any atom is 0.324 e. The van der Waals surface area contributed by atoms with Crippen LogP contribution in [0.25, 0.3) is 0 Å². The van der Waals surface area contributed by atoms with Crippen LogP contribution in [0.5, 0.6) is 0 Å². The number of amides is 4. The summed E-state index contributed by atoms with van der Waals surface area (Å²) in [5.74, 6) is -0.386. The van der Waals surface area contributed by atoms with E-state index in [1.54, 1.807) is 17.5 Å². The Bertz CT molecular complexity index is 780. The Balaban J connectivity index is 1.39. The van der Waals surface area contributed by atoms with Gasteiger partial charge < -0.3 is 10.6 Å².